The summed E-state index contributed by atoms with van der Waals surface area (Å²) in [4.78, 5) is 19.1. The molecule has 5 rings (SSSR count). The molecule has 0 fully saturated rings. The fraction of sp³-hybridized carbons (Fsp3) is 0.174. The van der Waals surface area contributed by atoms with Gasteiger partial charge in [0.2, 0.25) is 0 Å². The smallest absolute Gasteiger partial charge is 0.307 e. The molecule has 0 saturated carbocycles. The Kier molecular flexibility index (Phi) is 4.50. The molecule has 2 aromatic heterocycles. The van der Waals surface area contributed by atoms with Gasteiger partial charge in [0.25, 0.3) is 5.91 Å². The second kappa shape index (κ2) is 7.23. The summed E-state index contributed by atoms with van der Waals surface area (Å²) in [6.07, 6.45) is -3.03. The number of aromatic nitrogens is 3. The highest BCUT2D eigenvalue weighted by Gasteiger charge is 2.36. The average Bonchev–Trinajstić information content (AvgIpc) is 3.21. The summed E-state index contributed by atoms with van der Waals surface area (Å²) in [7, 11) is 0. The lowest BCUT2D eigenvalue weighted by Gasteiger charge is -2.28. The number of alkyl halides is 3. The highest BCUT2D eigenvalue weighted by molar-refractivity contribution is 6.06. The zero-order chi connectivity index (χ0) is 21.6. The van der Waals surface area contributed by atoms with Gasteiger partial charge in [0.1, 0.15) is 0 Å². The van der Waals surface area contributed by atoms with Crippen molar-refractivity contribution >= 4 is 17.2 Å². The van der Waals surface area contributed by atoms with Crippen molar-refractivity contribution in [3.8, 4) is 11.3 Å². The Morgan fingerprint density at radius 1 is 0.968 bits per heavy atom. The van der Waals surface area contributed by atoms with Crippen molar-refractivity contribution in [3.63, 3.8) is 0 Å². The fourth-order valence-electron chi connectivity index (χ4n) is 3.92. The Morgan fingerprint density at radius 3 is 2.48 bits per heavy atom. The Morgan fingerprint density at radius 2 is 1.71 bits per heavy atom. The molecule has 0 bridgehead atoms. The van der Waals surface area contributed by atoms with Crippen LogP contribution < -0.4 is 4.90 Å². The van der Waals surface area contributed by atoms with E-state index in [-0.39, 0.29) is 17.0 Å². The van der Waals surface area contributed by atoms with Crippen molar-refractivity contribution in [1.82, 2.24) is 14.6 Å². The van der Waals surface area contributed by atoms with Gasteiger partial charge in [-0.15, -0.1) is 0 Å². The predicted octanol–water partition coefficient (Wildman–Crippen LogP) is 5.01. The van der Waals surface area contributed by atoms with Gasteiger partial charge in [0.05, 0.1) is 5.69 Å². The van der Waals surface area contributed by atoms with Crippen LogP contribution in [0.4, 0.5) is 18.9 Å². The van der Waals surface area contributed by atoms with E-state index in [2.05, 4.69) is 10.1 Å². The zero-order valence-corrected chi connectivity index (χ0v) is 16.3. The largest absolute Gasteiger partial charge is 0.433 e. The SMILES string of the molecule is O=C(c1cc2nc(-c3ccccc3)cc(C(F)(F)F)n2n1)N1CCCc2ccccc21. The fourth-order valence-corrected chi connectivity index (χ4v) is 3.92. The van der Waals surface area contributed by atoms with E-state index in [0.29, 0.717) is 16.6 Å². The Bertz CT molecular complexity index is 1280. The number of halogens is 3. The number of aryl methyl sites for hydroxylation is 1. The highest BCUT2D eigenvalue weighted by atomic mass is 19.4. The molecule has 8 heteroatoms. The van der Waals surface area contributed by atoms with Crippen LogP contribution >= 0.6 is 0 Å². The van der Waals surface area contributed by atoms with Crippen molar-refractivity contribution in [2.45, 2.75) is 19.0 Å². The van der Waals surface area contributed by atoms with E-state index < -0.39 is 17.8 Å². The number of para-hydroxylation sites is 1. The van der Waals surface area contributed by atoms with Crippen LogP contribution in [0.3, 0.4) is 0 Å². The summed E-state index contributed by atoms with van der Waals surface area (Å²) >= 11 is 0. The molecular weight excluding hydrogens is 405 g/mol. The molecule has 0 unspecified atom stereocenters. The topological polar surface area (TPSA) is 50.5 Å². The van der Waals surface area contributed by atoms with Crippen LogP contribution in [-0.2, 0) is 12.6 Å². The maximum Gasteiger partial charge on any atom is 0.433 e. The molecule has 1 aliphatic rings. The first-order valence-electron chi connectivity index (χ1n) is 9.85. The number of anilines is 1. The van der Waals surface area contributed by atoms with Crippen LogP contribution in [-0.4, -0.2) is 27.0 Å². The minimum Gasteiger partial charge on any atom is -0.307 e. The number of hydrogen-bond donors (Lipinski definition) is 0. The van der Waals surface area contributed by atoms with Crippen LogP contribution in [0, 0.1) is 0 Å². The molecule has 156 valence electrons. The molecule has 5 nitrogen and oxygen atoms in total. The van der Waals surface area contributed by atoms with E-state index >= 15 is 0 Å². The number of hydrogen-bond acceptors (Lipinski definition) is 3. The first-order chi connectivity index (χ1) is 14.9. The summed E-state index contributed by atoms with van der Waals surface area (Å²) in [5.41, 5.74) is 1.45. The van der Waals surface area contributed by atoms with Gasteiger partial charge in [-0.25, -0.2) is 9.50 Å². The molecule has 3 heterocycles. The summed E-state index contributed by atoms with van der Waals surface area (Å²) in [5, 5.41) is 4.00. The second-order valence-corrected chi connectivity index (χ2v) is 7.38. The lowest BCUT2D eigenvalue weighted by Crippen LogP contribution is -2.35. The van der Waals surface area contributed by atoms with E-state index in [1.54, 1.807) is 35.2 Å². The van der Waals surface area contributed by atoms with Crippen molar-refractivity contribution < 1.29 is 18.0 Å². The molecule has 0 radical (unpaired) electrons. The number of amides is 1. The number of benzene rings is 2. The third-order valence-corrected chi connectivity index (χ3v) is 5.36. The van der Waals surface area contributed by atoms with Gasteiger partial charge < -0.3 is 4.90 Å². The molecule has 0 aliphatic carbocycles. The Balaban J connectivity index is 1.63. The second-order valence-electron chi connectivity index (χ2n) is 7.38. The molecule has 0 N–H and O–H groups in total. The Hall–Kier alpha value is -3.68. The normalized spacial score (nSPS) is 14.0. The molecule has 4 aromatic rings. The van der Waals surface area contributed by atoms with E-state index in [4.69, 9.17) is 0 Å². The zero-order valence-electron chi connectivity index (χ0n) is 16.3. The number of carbonyl (C=O) groups excluding carboxylic acids is 1. The van der Waals surface area contributed by atoms with Crippen LogP contribution in [0.15, 0.2) is 66.7 Å². The van der Waals surface area contributed by atoms with Crippen LogP contribution in [0.25, 0.3) is 16.9 Å². The molecule has 2 aromatic carbocycles. The van der Waals surface area contributed by atoms with Crippen molar-refractivity contribution in [3.05, 3.63) is 83.7 Å². The van der Waals surface area contributed by atoms with E-state index in [1.165, 1.54) is 6.07 Å². The minimum absolute atomic E-state index is 0.0256. The molecule has 1 amide bonds. The van der Waals surface area contributed by atoms with Gasteiger partial charge in [-0.2, -0.15) is 18.3 Å². The molecule has 1 aliphatic heterocycles. The van der Waals surface area contributed by atoms with E-state index in [9.17, 15) is 18.0 Å². The molecule has 31 heavy (non-hydrogen) atoms. The summed E-state index contributed by atoms with van der Waals surface area (Å²) in [5.74, 6) is -0.438. The molecule has 0 spiro atoms. The molecule has 0 atom stereocenters. The van der Waals surface area contributed by atoms with Crippen LogP contribution in [0.2, 0.25) is 0 Å². The number of carbonyl (C=O) groups is 1. The van der Waals surface area contributed by atoms with Gasteiger partial charge in [0.15, 0.2) is 17.0 Å². The average molecular weight is 422 g/mol. The first-order valence-corrected chi connectivity index (χ1v) is 9.85. The lowest BCUT2D eigenvalue weighted by atomic mass is 10.0. The quantitative estimate of drug-likeness (QED) is 0.456. The van der Waals surface area contributed by atoms with Crippen molar-refractivity contribution in [2.24, 2.45) is 0 Å². The summed E-state index contributed by atoms with van der Waals surface area (Å²) in [6.45, 7) is 0.485. The first kappa shape index (κ1) is 19.3. The minimum atomic E-state index is -4.66. The number of rotatable bonds is 2. The van der Waals surface area contributed by atoms with Crippen LogP contribution in [0.1, 0.15) is 28.2 Å². The predicted molar refractivity (Wildman–Crippen MR) is 110 cm³/mol. The number of fused-ring (bicyclic) bond motifs is 2. The maximum absolute atomic E-state index is 13.8. The standard InChI is InChI=1S/C23H17F3N4O/c24-23(25,26)20-13-17(15-7-2-1-3-8-15)27-21-14-18(28-30(20)21)22(31)29-12-6-10-16-9-4-5-11-19(16)29/h1-5,7-9,11,13-14H,6,10,12H2. The summed E-state index contributed by atoms with van der Waals surface area (Å²) < 4.78 is 42.1. The third-order valence-electron chi connectivity index (χ3n) is 5.36. The van der Waals surface area contributed by atoms with Crippen LogP contribution in [0.5, 0.6) is 0 Å². The van der Waals surface area contributed by atoms with Gasteiger partial charge >= 0.3 is 6.18 Å². The molecule has 0 saturated heterocycles. The van der Waals surface area contributed by atoms with Crippen molar-refractivity contribution in [1.29, 1.82) is 0 Å². The van der Waals surface area contributed by atoms with Gasteiger partial charge in [-0.05, 0) is 30.5 Å². The monoisotopic (exact) mass is 422 g/mol. The van der Waals surface area contributed by atoms with Gasteiger partial charge in [0, 0.05) is 23.9 Å². The van der Waals surface area contributed by atoms with Crippen molar-refractivity contribution in [2.75, 3.05) is 11.4 Å². The van der Waals surface area contributed by atoms with Gasteiger partial charge in [-0.1, -0.05) is 48.5 Å². The third kappa shape index (κ3) is 3.43. The highest BCUT2D eigenvalue weighted by Crippen LogP contribution is 2.33. The van der Waals surface area contributed by atoms with E-state index in [0.717, 1.165) is 30.2 Å². The number of nitrogens with zero attached hydrogens (tertiary/aromatic N) is 4. The maximum atomic E-state index is 13.8. The van der Waals surface area contributed by atoms with E-state index in [1.807, 2.05) is 24.3 Å². The lowest BCUT2D eigenvalue weighted by molar-refractivity contribution is -0.142. The van der Waals surface area contributed by atoms with Gasteiger partial charge in [-0.3, -0.25) is 4.79 Å². The summed E-state index contributed by atoms with van der Waals surface area (Å²) in [6, 6.07) is 18.4. The Labute approximate surface area is 175 Å². The molecular formula is C23H17F3N4O.